The van der Waals surface area contributed by atoms with E-state index in [-0.39, 0.29) is 29.4 Å². The molecule has 0 fully saturated rings. The SMILES string of the molecule is O=C(O)c1ncn2c1COc1cc(F)cc(F)c1-2. The molecule has 0 radical (unpaired) electrons. The van der Waals surface area contributed by atoms with Gasteiger partial charge in [-0.2, -0.15) is 0 Å². The number of halogens is 2. The molecule has 0 amide bonds. The third kappa shape index (κ3) is 1.37. The molecule has 18 heavy (non-hydrogen) atoms. The first-order valence-electron chi connectivity index (χ1n) is 4.99. The van der Waals surface area contributed by atoms with E-state index in [1.165, 1.54) is 10.9 Å². The lowest BCUT2D eigenvalue weighted by molar-refractivity contribution is 0.0687. The lowest BCUT2D eigenvalue weighted by Crippen LogP contribution is -2.16. The lowest BCUT2D eigenvalue weighted by Gasteiger charge is -2.20. The fourth-order valence-electron chi connectivity index (χ4n) is 1.92. The van der Waals surface area contributed by atoms with Gasteiger partial charge in [0.25, 0.3) is 0 Å². The number of nitrogens with zero attached hydrogens (tertiary/aromatic N) is 2. The van der Waals surface area contributed by atoms with E-state index in [1.54, 1.807) is 0 Å². The number of carbonyl (C=O) groups is 1. The predicted molar refractivity (Wildman–Crippen MR) is 54.8 cm³/mol. The molecule has 1 N–H and O–H groups in total. The molecule has 0 bridgehead atoms. The number of imidazole rings is 1. The molecule has 5 nitrogen and oxygen atoms in total. The zero-order valence-corrected chi connectivity index (χ0v) is 8.85. The van der Waals surface area contributed by atoms with Gasteiger partial charge in [0.15, 0.2) is 11.5 Å². The van der Waals surface area contributed by atoms with Gasteiger partial charge in [-0.05, 0) is 0 Å². The van der Waals surface area contributed by atoms with E-state index in [2.05, 4.69) is 4.98 Å². The minimum Gasteiger partial charge on any atom is -0.485 e. The van der Waals surface area contributed by atoms with E-state index >= 15 is 0 Å². The molecule has 2 aromatic rings. The maximum Gasteiger partial charge on any atom is 0.356 e. The van der Waals surface area contributed by atoms with Gasteiger partial charge in [0, 0.05) is 12.1 Å². The van der Waals surface area contributed by atoms with Crippen LogP contribution < -0.4 is 4.74 Å². The number of hydrogen-bond donors (Lipinski definition) is 1. The highest BCUT2D eigenvalue weighted by atomic mass is 19.1. The predicted octanol–water partition coefficient (Wildman–Crippen LogP) is 1.74. The molecule has 0 aliphatic carbocycles. The first kappa shape index (κ1) is 10.7. The van der Waals surface area contributed by atoms with Crippen molar-refractivity contribution in [3.63, 3.8) is 0 Å². The van der Waals surface area contributed by atoms with Crippen molar-refractivity contribution >= 4 is 5.97 Å². The van der Waals surface area contributed by atoms with Gasteiger partial charge in [-0.15, -0.1) is 0 Å². The van der Waals surface area contributed by atoms with Crippen molar-refractivity contribution < 1.29 is 23.4 Å². The van der Waals surface area contributed by atoms with Gasteiger partial charge < -0.3 is 9.84 Å². The molecule has 1 aliphatic rings. The number of benzene rings is 1. The van der Waals surface area contributed by atoms with E-state index < -0.39 is 17.6 Å². The monoisotopic (exact) mass is 252 g/mol. The summed E-state index contributed by atoms with van der Waals surface area (Å²) >= 11 is 0. The van der Waals surface area contributed by atoms with Crippen molar-refractivity contribution in [1.29, 1.82) is 0 Å². The Morgan fingerprint density at radius 2 is 2.22 bits per heavy atom. The van der Waals surface area contributed by atoms with Crippen LogP contribution in [0.2, 0.25) is 0 Å². The molecule has 0 saturated carbocycles. The molecular weight excluding hydrogens is 246 g/mol. The third-order valence-corrected chi connectivity index (χ3v) is 2.67. The van der Waals surface area contributed by atoms with Crippen molar-refractivity contribution in [1.82, 2.24) is 9.55 Å². The van der Waals surface area contributed by atoms with Crippen LogP contribution in [-0.2, 0) is 6.61 Å². The second-order valence-electron chi connectivity index (χ2n) is 3.74. The van der Waals surface area contributed by atoms with Crippen LogP contribution in [0.4, 0.5) is 8.78 Å². The quantitative estimate of drug-likeness (QED) is 0.839. The number of ether oxygens (including phenoxy) is 1. The summed E-state index contributed by atoms with van der Waals surface area (Å²) in [4.78, 5) is 14.6. The summed E-state index contributed by atoms with van der Waals surface area (Å²) in [6, 6.07) is 1.75. The van der Waals surface area contributed by atoms with Gasteiger partial charge >= 0.3 is 5.97 Å². The maximum atomic E-state index is 13.7. The van der Waals surface area contributed by atoms with Crippen LogP contribution in [0, 0.1) is 11.6 Å². The topological polar surface area (TPSA) is 64.3 Å². The number of hydrogen-bond acceptors (Lipinski definition) is 3. The molecule has 7 heteroatoms. The zero-order chi connectivity index (χ0) is 12.9. The smallest absolute Gasteiger partial charge is 0.356 e. The highest BCUT2D eigenvalue weighted by molar-refractivity contribution is 5.87. The summed E-state index contributed by atoms with van der Waals surface area (Å²) in [6.45, 7) is -0.0997. The molecule has 92 valence electrons. The van der Waals surface area contributed by atoms with Crippen molar-refractivity contribution in [2.45, 2.75) is 6.61 Å². The van der Waals surface area contributed by atoms with Gasteiger partial charge in [0.05, 0.1) is 5.69 Å². The van der Waals surface area contributed by atoms with E-state index in [1.807, 2.05) is 0 Å². The van der Waals surface area contributed by atoms with E-state index in [0.29, 0.717) is 6.07 Å². The lowest BCUT2D eigenvalue weighted by atomic mass is 10.2. The van der Waals surface area contributed by atoms with E-state index in [0.717, 1.165) is 6.07 Å². The Balaban J connectivity index is 2.27. The highest BCUT2D eigenvalue weighted by Crippen LogP contribution is 2.33. The Kier molecular flexibility index (Phi) is 2.09. The molecule has 0 spiro atoms. The van der Waals surface area contributed by atoms with Crippen LogP contribution in [0.3, 0.4) is 0 Å². The number of carboxylic acids is 1. The van der Waals surface area contributed by atoms with Crippen molar-refractivity contribution in [2.24, 2.45) is 0 Å². The Labute approximate surface area is 99.3 Å². The molecule has 0 unspecified atom stereocenters. The Morgan fingerprint density at radius 3 is 2.94 bits per heavy atom. The standard InChI is InChI=1S/C11H6F2N2O3/c12-5-1-6(13)10-8(2-5)18-3-7-9(11(16)17)14-4-15(7)10/h1-2,4H,3H2,(H,16,17). The number of fused-ring (bicyclic) bond motifs is 3. The number of rotatable bonds is 1. The van der Waals surface area contributed by atoms with Gasteiger partial charge in [0.2, 0.25) is 0 Å². The largest absolute Gasteiger partial charge is 0.485 e. The Hall–Kier alpha value is -2.44. The van der Waals surface area contributed by atoms with E-state index in [9.17, 15) is 13.6 Å². The van der Waals surface area contributed by atoms with E-state index in [4.69, 9.17) is 9.84 Å². The summed E-state index contributed by atoms with van der Waals surface area (Å²) in [7, 11) is 0. The Morgan fingerprint density at radius 1 is 1.44 bits per heavy atom. The molecule has 1 aromatic heterocycles. The van der Waals surface area contributed by atoms with Crippen molar-refractivity contribution in [3.8, 4) is 11.4 Å². The molecular formula is C11H6F2N2O3. The highest BCUT2D eigenvalue weighted by Gasteiger charge is 2.27. The normalized spacial score (nSPS) is 12.6. The average molecular weight is 252 g/mol. The fraction of sp³-hybridized carbons (Fsp3) is 0.0909. The van der Waals surface area contributed by atoms with Crippen LogP contribution in [0.15, 0.2) is 18.5 Å². The maximum absolute atomic E-state index is 13.7. The van der Waals surface area contributed by atoms with Gasteiger partial charge in [0.1, 0.15) is 30.2 Å². The summed E-state index contributed by atoms with van der Waals surface area (Å²) in [5.74, 6) is -2.79. The Bertz CT molecular complexity index is 667. The van der Waals surface area contributed by atoms with Crippen LogP contribution in [-0.4, -0.2) is 20.6 Å². The first-order chi connectivity index (χ1) is 8.58. The molecule has 2 heterocycles. The zero-order valence-electron chi connectivity index (χ0n) is 8.85. The second-order valence-corrected chi connectivity index (χ2v) is 3.74. The number of aromatic nitrogens is 2. The number of carboxylic acid groups (broad SMARTS) is 1. The summed E-state index contributed by atoms with van der Waals surface area (Å²) in [6.07, 6.45) is 1.18. The van der Waals surface area contributed by atoms with Gasteiger partial charge in [-0.3, -0.25) is 4.57 Å². The van der Waals surface area contributed by atoms with Gasteiger partial charge in [-0.25, -0.2) is 18.6 Å². The van der Waals surface area contributed by atoms with Crippen molar-refractivity contribution in [3.05, 3.63) is 41.5 Å². The summed E-state index contributed by atoms with van der Waals surface area (Å²) in [5.41, 5.74) is -0.0115. The fourth-order valence-corrected chi connectivity index (χ4v) is 1.92. The average Bonchev–Trinajstić information content (AvgIpc) is 2.71. The molecule has 0 saturated heterocycles. The summed E-state index contributed by atoms with van der Waals surface area (Å²) < 4.78 is 33.1. The molecule has 3 rings (SSSR count). The first-order valence-corrected chi connectivity index (χ1v) is 4.99. The van der Waals surface area contributed by atoms with Crippen LogP contribution in [0.1, 0.15) is 16.2 Å². The molecule has 1 aliphatic heterocycles. The van der Waals surface area contributed by atoms with Crippen LogP contribution in [0.5, 0.6) is 5.75 Å². The van der Waals surface area contributed by atoms with Crippen LogP contribution in [0.25, 0.3) is 5.69 Å². The second kappa shape index (κ2) is 3.52. The molecule has 0 atom stereocenters. The minimum absolute atomic E-state index is 0.0225. The van der Waals surface area contributed by atoms with Crippen molar-refractivity contribution in [2.75, 3.05) is 0 Å². The summed E-state index contributed by atoms with van der Waals surface area (Å²) in [5, 5.41) is 8.91. The number of aromatic carboxylic acids is 1. The molecule has 1 aromatic carbocycles. The third-order valence-electron chi connectivity index (χ3n) is 2.67. The van der Waals surface area contributed by atoms with Crippen LogP contribution >= 0.6 is 0 Å². The minimum atomic E-state index is -1.22. The van der Waals surface area contributed by atoms with Gasteiger partial charge in [-0.1, -0.05) is 0 Å².